The summed E-state index contributed by atoms with van der Waals surface area (Å²) in [5.74, 6) is -7.78. The van der Waals surface area contributed by atoms with Gasteiger partial charge in [0, 0.05) is 19.3 Å². The Labute approximate surface area is 160 Å². The van der Waals surface area contributed by atoms with Gasteiger partial charge in [-0.25, -0.2) is 8.78 Å². The lowest BCUT2D eigenvalue weighted by Gasteiger charge is -2.08. The molecule has 28 heavy (non-hydrogen) atoms. The van der Waals surface area contributed by atoms with Crippen LogP contribution in [0.15, 0.2) is 34.9 Å². The number of aryl methyl sites for hydroxylation is 1. The second kappa shape index (κ2) is 7.89. The third-order valence-electron chi connectivity index (χ3n) is 3.53. The maximum absolute atomic E-state index is 13.6. The van der Waals surface area contributed by atoms with Gasteiger partial charge in [0.2, 0.25) is 17.4 Å². The van der Waals surface area contributed by atoms with E-state index >= 15 is 0 Å². The largest absolute Gasteiger partial charge is 0.479 e. The highest BCUT2D eigenvalue weighted by atomic mass is 35.5. The minimum absolute atomic E-state index is 0.0645. The van der Waals surface area contributed by atoms with Crippen molar-refractivity contribution in [3.8, 4) is 5.75 Å². The van der Waals surface area contributed by atoms with Gasteiger partial charge >= 0.3 is 0 Å². The van der Waals surface area contributed by atoms with Crippen molar-refractivity contribution < 1.29 is 31.5 Å². The van der Waals surface area contributed by atoms with Crippen molar-refractivity contribution >= 4 is 23.5 Å². The van der Waals surface area contributed by atoms with Gasteiger partial charge in [0.1, 0.15) is 18.1 Å². The molecule has 146 valence electrons. The maximum atomic E-state index is 13.6. The first-order chi connectivity index (χ1) is 13.3. The molecule has 0 fully saturated rings. The van der Waals surface area contributed by atoms with E-state index in [-0.39, 0.29) is 28.3 Å². The molecule has 3 aromatic rings. The topological polar surface area (TPSA) is 57.3 Å². The van der Waals surface area contributed by atoms with Crippen LogP contribution >= 0.6 is 11.6 Å². The predicted molar refractivity (Wildman–Crippen MR) is 90.9 cm³/mol. The van der Waals surface area contributed by atoms with Crippen LogP contribution in [-0.4, -0.2) is 15.6 Å². The molecule has 0 spiro atoms. The van der Waals surface area contributed by atoms with E-state index < -0.39 is 41.4 Å². The second-order valence-corrected chi connectivity index (χ2v) is 5.99. The Morgan fingerprint density at radius 1 is 1.25 bits per heavy atom. The molecule has 0 aliphatic heterocycles. The molecule has 0 aliphatic rings. The van der Waals surface area contributed by atoms with Crippen LogP contribution in [0.3, 0.4) is 0 Å². The number of aromatic nitrogens is 2. The molecule has 0 amide bonds. The summed E-state index contributed by atoms with van der Waals surface area (Å²) in [6.07, 6.45) is 3.98. The average Bonchev–Trinajstić information content (AvgIpc) is 3.23. The summed E-state index contributed by atoms with van der Waals surface area (Å²) in [5.41, 5.74) is 0.0645. The number of hydrogen-bond acceptors (Lipinski definition) is 4. The number of ether oxygens (including phenoxy) is 1. The number of benzene rings is 1. The minimum atomic E-state index is -1.65. The van der Waals surface area contributed by atoms with E-state index in [2.05, 4.69) is 5.10 Å². The second-order valence-electron chi connectivity index (χ2n) is 5.59. The van der Waals surface area contributed by atoms with Gasteiger partial charge in [-0.3, -0.25) is 9.48 Å². The van der Waals surface area contributed by atoms with Gasteiger partial charge in [-0.05, 0) is 24.3 Å². The predicted octanol–water partition coefficient (Wildman–Crippen LogP) is 4.70. The number of nitrogens with zero attached hydrogens (tertiary/aromatic N) is 2. The van der Waals surface area contributed by atoms with Crippen molar-refractivity contribution in [2.24, 2.45) is 7.05 Å². The van der Waals surface area contributed by atoms with Crippen LogP contribution in [-0.2, 0) is 13.7 Å². The summed E-state index contributed by atoms with van der Waals surface area (Å²) in [6, 6.07) is 2.95. The lowest BCUT2D eigenvalue weighted by atomic mass is 10.2. The number of ketones is 1. The van der Waals surface area contributed by atoms with E-state index in [1.807, 2.05) is 0 Å². The third-order valence-corrected chi connectivity index (χ3v) is 3.81. The molecule has 0 saturated heterocycles. The zero-order chi connectivity index (χ0) is 20.4. The van der Waals surface area contributed by atoms with E-state index in [4.69, 9.17) is 20.8 Å². The highest BCUT2D eigenvalue weighted by Crippen LogP contribution is 2.27. The van der Waals surface area contributed by atoms with Crippen molar-refractivity contribution in [1.82, 2.24) is 9.78 Å². The number of carbonyl (C=O) groups is 1. The number of carbonyl (C=O) groups excluding carboxylic acids is 1. The van der Waals surface area contributed by atoms with Crippen molar-refractivity contribution in [2.75, 3.05) is 0 Å². The zero-order valence-corrected chi connectivity index (χ0v) is 14.9. The zero-order valence-electron chi connectivity index (χ0n) is 14.2. The fraction of sp³-hybridized carbons (Fsp3) is 0.111. The van der Waals surface area contributed by atoms with Gasteiger partial charge in [0.05, 0.1) is 5.02 Å². The molecule has 0 unspecified atom stereocenters. The molecule has 3 rings (SSSR count). The van der Waals surface area contributed by atoms with Gasteiger partial charge in [0.15, 0.2) is 23.1 Å². The van der Waals surface area contributed by atoms with Gasteiger partial charge in [0.25, 0.3) is 0 Å². The lowest BCUT2D eigenvalue weighted by Crippen LogP contribution is -2.03. The van der Waals surface area contributed by atoms with Gasteiger partial charge in [-0.2, -0.15) is 13.9 Å². The monoisotopic (exact) mass is 414 g/mol. The molecule has 0 radical (unpaired) electrons. The summed E-state index contributed by atoms with van der Waals surface area (Å²) in [5, 5.41) is 4.11. The van der Waals surface area contributed by atoms with E-state index in [0.717, 1.165) is 0 Å². The maximum Gasteiger partial charge on any atom is 0.207 e. The van der Waals surface area contributed by atoms with Crippen LogP contribution in [0.4, 0.5) is 17.6 Å². The van der Waals surface area contributed by atoms with E-state index in [1.54, 1.807) is 7.05 Å². The van der Waals surface area contributed by atoms with E-state index in [0.29, 0.717) is 0 Å². The normalized spacial score (nSPS) is 11.4. The van der Waals surface area contributed by atoms with Crippen molar-refractivity contribution in [1.29, 1.82) is 0 Å². The first kappa shape index (κ1) is 19.7. The van der Waals surface area contributed by atoms with Crippen LogP contribution in [0.2, 0.25) is 5.02 Å². The molecule has 5 nitrogen and oxygen atoms in total. The summed E-state index contributed by atoms with van der Waals surface area (Å²) < 4.78 is 64.9. The highest BCUT2D eigenvalue weighted by Gasteiger charge is 2.21. The third kappa shape index (κ3) is 4.09. The summed E-state index contributed by atoms with van der Waals surface area (Å²) in [7, 11) is 1.61. The Hall–Kier alpha value is -3.07. The molecule has 1 aromatic carbocycles. The summed E-state index contributed by atoms with van der Waals surface area (Å²) >= 11 is 5.88. The standard InChI is InChI=1S/C18H11ClF4N2O3/c1-25-7-11(19)17(24-25)14(26)5-4-9-2-3-10(28-9)8-27-18-15(22)12(20)6-13(21)16(18)23/h2-7H,8H2,1H3/b5-4+. The summed E-state index contributed by atoms with van der Waals surface area (Å²) in [6.45, 7) is -0.495. The number of allylic oxidation sites excluding steroid dienone is 1. The number of halogens is 5. The van der Waals surface area contributed by atoms with Crippen molar-refractivity contribution in [3.63, 3.8) is 0 Å². The number of furan rings is 1. The SMILES string of the molecule is Cn1cc(Cl)c(C(=O)/C=C/c2ccc(COc3c(F)c(F)cc(F)c3F)o2)n1. The summed E-state index contributed by atoms with van der Waals surface area (Å²) in [4.78, 5) is 12.0. The molecular weight excluding hydrogens is 404 g/mol. The molecule has 0 N–H and O–H groups in total. The van der Waals surface area contributed by atoms with Gasteiger partial charge < -0.3 is 9.15 Å². The van der Waals surface area contributed by atoms with Gasteiger partial charge in [-0.15, -0.1) is 0 Å². The first-order valence-corrected chi connectivity index (χ1v) is 8.10. The molecule has 0 aliphatic carbocycles. The Morgan fingerprint density at radius 2 is 1.93 bits per heavy atom. The Bertz CT molecular complexity index is 1050. The fourth-order valence-corrected chi connectivity index (χ4v) is 2.52. The van der Waals surface area contributed by atoms with Crippen molar-refractivity contribution in [2.45, 2.75) is 6.61 Å². The Morgan fingerprint density at radius 3 is 2.54 bits per heavy atom. The van der Waals surface area contributed by atoms with Crippen molar-refractivity contribution in [3.05, 3.63) is 76.0 Å². The van der Waals surface area contributed by atoms with Crippen LogP contribution in [0, 0.1) is 23.3 Å². The molecular formula is C18H11ClF4N2O3. The van der Waals surface area contributed by atoms with Crippen LogP contribution in [0.5, 0.6) is 5.75 Å². The number of rotatable bonds is 6. The van der Waals surface area contributed by atoms with E-state index in [9.17, 15) is 22.4 Å². The highest BCUT2D eigenvalue weighted by molar-refractivity contribution is 6.34. The Balaban J connectivity index is 1.68. The molecule has 0 bridgehead atoms. The average molecular weight is 415 g/mol. The Kier molecular flexibility index (Phi) is 5.55. The van der Waals surface area contributed by atoms with Crippen LogP contribution in [0.25, 0.3) is 6.08 Å². The molecule has 0 atom stereocenters. The molecule has 10 heteroatoms. The molecule has 2 heterocycles. The quantitative estimate of drug-likeness (QED) is 0.254. The van der Waals surface area contributed by atoms with E-state index in [1.165, 1.54) is 35.2 Å². The van der Waals surface area contributed by atoms with Gasteiger partial charge in [-0.1, -0.05) is 11.6 Å². The van der Waals surface area contributed by atoms with Crippen LogP contribution < -0.4 is 4.74 Å². The first-order valence-electron chi connectivity index (χ1n) is 7.72. The van der Waals surface area contributed by atoms with Crippen LogP contribution in [0.1, 0.15) is 22.0 Å². The number of hydrogen-bond donors (Lipinski definition) is 0. The smallest absolute Gasteiger partial charge is 0.207 e. The fourth-order valence-electron chi connectivity index (χ4n) is 2.25. The molecule has 0 saturated carbocycles. The lowest BCUT2D eigenvalue weighted by molar-refractivity contribution is 0.104. The minimum Gasteiger partial charge on any atom is -0.479 e. The molecule has 2 aromatic heterocycles.